The molecule has 0 aliphatic rings. The zero-order valence-electron chi connectivity index (χ0n) is 10.8. The van der Waals surface area contributed by atoms with E-state index < -0.39 is 0 Å². The van der Waals surface area contributed by atoms with Gasteiger partial charge in [0.1, 0.15) is 0 Å². The highest BCUT2D eigenvalue weighted by molar-refractivity contribution is 5.92. The number of hydrogen-bond donors (Lipinski definition) is 0. The lowest BCUT2D eigenvalue weighted by molar-refractivity contribution is 1.48. The number of benzene rings is 3. The molecule has 3 rings (SSSR count). The third kappa shape index (κ3) is 1.80. The van der Waals surface area contributed by atoms with Gasteiger partial charge in [-0.3, -0.25) is 0 Å². The Bertz CT molecular complexity index is 694. The van der Waals surface area contributed by atoms with E-state index >= 15 is 0 Å². The van der Waals surface area contributed by atoms with Crippen LogP contribution in [-0.4, -0.2) is 0 Å². The van der Waals surface area contributed by atoms with Crippen molar-refractivity contribution in [2.75, 3.05) is 0 Å². The molecule has 0 atom stereocenters. The number of fused-ring (bicyclic) bond motifs is 1. The minimum Gasteiger partial charge on any atom is -0.0622 e. The largest absolute Gasteiger partial charge is 0.0622 e. The molecule has 0 amide bonds. The summed E-state index contributed by atoms with van der Waals surface area (Å²) in [6, 6.07) is 21.7. The summed E-state index contributed by atoms with van der Waals surface area (Å²) >= 11 is 0. The highest BCUT2D eigenvalue weighted by Gasteiger charge is 2.04. The van der Waals surface area contributed by atoms with Crippen molar-refractivity contribution in [1.29, 1.82) is 0 Å². The van der Waals surface area contributed by atoms with Gasteiger partial charge in [-0.2, -0.15) is 0 Å². The maximum Gasteiger partial charge on any atom is -0.0146 e. The molecule has 0 saturated heterocycles. The highest BCUT2D eigenvalue weighted by Crippen LogP contribution is 2.29. The third-order valence-electron chi connectivity index (χ3n) is 3.53. The molecule has 0 fully saturated rings. The van der Waals surface area contributed by atoms with Gasteiger partial charge in [-0.1, -0.05) is 54.6 Å². The highest BCUT2D eigenvalue weighted by atomic mass is 14.1. The van der Waals surface area contributed by atoms with Crippen LogP contribution in [0.2, 0.25) is 0 Å². The van der Waals surface area contributed by atoms with Crippen LogP contribution in [0.1, 0.15) is 11.1 Å². The monoisotopic (exact) mass is 232 g/mol. The van der Waals surface area contributed by atoms with E-state index in [0.717, 1.165) is 0 Å². The molecule has 0 aliphatic carbocycles. The van der Waals surface area contributed by atoms with Crippen molar-refractivity contribution < 1.29 is 0 Å². The molecule has 0 N–H and O–H groups in total. The molecule has 3 aromatic rings. The van der Waals surface area contributed by atoms with Gasteiger partial charge in [0.25, 0.3) is 0 Å². The Morgan fingerprint density at radius 3 is 2.11 bits per heavy atom. The Balaban J connectivity index is 2.31. The van der Waals surface area contributed by atoms with Crippen LogP contribution < -0.4 is 0 Å². The van der Waals surface area contributed by atoms with Crippen molar-refractivity contribution in [2.45, 2.75) is 13.8 Å². The van der Waals surface area contributed by atoms with Crippen LogP contribution in [0.5, 0.6) is 0 Å². The van der Waals surface area contributed by atoms with Gasteiger partial charge in [-0.05, 0) is 52.9 Å². The van der Waals surface area contributed by atoms with E-state index in [9.17, 15) is 0 Å². The van der Waals surface area contributed by atoms with Crippen molar-refractivity contribution >= 4 is 10.8 Å². The van der Waals surface area contributed by atoms with E-state index in [2.05, 4.69) is 74.5 Å². The fourth-order valence-electron chi connectivity index (χ4n) is 2.52. The summed E-state index contributed by atoms with van der Waals surface area (Å²) in [6.07, 6.45) is 0. The fourth-order valence-corrected chi connectivity index (χ4v) is 2.52. The van der Waals surface area contributed by atoms with Gasteiger partial charge in [0, 0.05) is 0 Å². The maximum atomic E-state index is 2.30. The van der Waals surface area contributed by atoms with E-state index in [4.69, 9.17) is 0 Å². The molecular weight excluding hydrogens is 216 g/mol. The smallest absolute Gasteiger partial charge is 0.0146 e. The van der Waals surface area contributed by atoms with Gasteiger partial charge in [0.15, 0.2) is 0 Å². The summed E-state index contributed by atoms with van der Waals surface area (Å²) in [5.41, 5.74) is 5.27. The molecule has 88 valence electrons. The topological polar surface area (TPSA) is 0 Å². The number of hydrogen-bond acceptors (Lipinski definition) is 0. The van der Waals surface area contributed by atoms with Gasteiger partial charge in [0.05, 0.1) is 0 Å². The fraction of sp³-hybridized carbons (Fsp3) is 0.111. The van der Waals surface area contributed by atoms with Crippen molar-refractivity contribution in [3.05, 3.63) is 71.8 Å². The Hall–Kier alpha value is -2.08. The average Bonchev–Trinajstić information content (AvgIpc) is 2.41. The lowest BCUT2D eigenvalue weighted by Crippen LogP contribution is -1.85. The number of aryl methyl sites for hydroxylation is 2. The van der Waals surface area contributed by atoms with Crippen LogP contribution in [0, 0.1) is 13.8 Å². The van der Waals surface area contributed by atoms with E-state index in [-0.39, 0.29) is 0 Å². The first-order valence-corrected chi connectivity index (χ1v) is 6.31. The van der Waals surface area contributed by atoms with Crippen LogP contribution in [0.25, 0.3) is 21.9 Å². The molecule has 3 aromatic carbocycles. The second kappa shape index (κ2) is 4.30. The van der Waals surface area contributed by atoms with Crippen LogP contribution in [-0.2, 0) is 0 Å². The molecule has 0 bridgehead atoms. The second-order valence-corrected chi connectivity index (χ2v) is 4.83. The van der Waals surface area contributed by atoms with Gasteiger partial charge < -0.3 is 0 Å². The quantitative estimate of drug-likeness (QED) is 0.546. The summed E-state index contributed by atoms with van der Waals surface area (Å²) in [5, 5.41) is 2.71. The average molecular weight is 232 g/mol. The summed E-state index contributed by atoms with van der Waals surface area (Å²) in [5.74, 6) is 0. The van der Waals surface area contributed by atoms with Gasteiger partial charge in [-0.25, -0.2) is 0 Å². The zero-order valence-corrected chi connectivity index (χ0v) is 10.8. The first kappa shape index (κ1) is 11.0. The molecule has 18 heavy (non-hydrogen) atoms. The molecule has 0 radical (unpaired) electrons. The molecule has 0 heteroatoms. The SMILES string of the molecule is Cc1cc(-c2ccccc2)cc2c(C)cccc12. The van der Waals surface area contributed by atoms with E-state index in [1.54, 1.807) is 0 Å². The summed E-state index contributed by atoms with van der Waals surface area (Å²) in [6.45, 7) is 4.37. The third-order valence-corrected chi connectivity index (χ3v) is 3.53. The Morgan fingerprint density at radius 2 is 1.33 bits per heavy atom. The lowest BCUT2D eigenvalue weighted by Gasteiger charge is -2.09. The van der Waals surface area contributed by atoms with Crippen molar-refractivity contribution in [3.63, 3.8) is 0 Å². The second-order valence-electron chi connectivity index (χ2n) is 4.83. The first-order valence-electron chi connectivity index (χ1n) is 6.31. The molecule has 0 heterocycles. The van der Waals surface area contributed by atoms with Crippen LogP contribution in [0.15, 0.2) is 60.7 Å². The normalized spacial score (nSPS) is 10.8. The predicted molar refractivity (Wildman–Crippen MR) is 78.9 cm³/mol. The van der Waals surface area contributed by atoms with Crippen molar-refractivity contribution in [1.82, 2.24) is 0 Å². The molecule has 0 aliphatic heterocycles. The van der Waals surface area contributed by atoms with Crippen LogP contribution >= 0.6 is 0 Å². The molecule has 0 saturated carbocycles. The molecule has 0 nitrogen and oxygen atoms in total. The minimum absolute atomic E-state index is 1.28. The molecule has 0 unspecified atom stereocenters. The van der Waals surface area contributed by atoms with Gasteiger partial charge in [-0.15, -0.1) is 0 Å². The van der Waals surface area contributed by atoms with E-state index in [1.165, 1.54) is 33.0 Å². The zero-order chi connectivity index (χ0) is 12.5. The molecular formula is C18H16. The molecule has 0 spiro atoms. The Labute approximate surface area is 108 Å². The maximum absolute atomic E-state index is 2.30. The predicted octanol–water partition coefficient (Wildman–Crippen LogP) is 5.12. The summed E-state index contributed by atoms with van der Waals surface area (Å²) < 4.78 is 0. The molecule has 0 aromatic heterocycles. The van der Waals surface area contributed by atoms with Gasteiger partial charge in [0.2, 0.25) is 0 Å². The Kier molecular flexibility index (Phi) is 2.64. The van der Waals surface area contributed by atoms with E-state index in [0.29, 0.717) is 0 Å². The van der Waals surface area contributed by atoms with Crippen molar-refractivity contribution in [3.8, 4) is 11.1 Å². The van der Waals surface area contributed by atoms with Gasteiger partial charge >= 0.3 is 0 Å². The standard InChI is InChI=1S/C18H16/c1-13-7-6-10-17-14(2)11-16(12-18(13)17)15-8-4-3-5-9-15/h3-12H,1-2H3. The summed E-state index contributed by atoms with van der Waals surface area (Å²) in [4.78, 5) is 0. The van der Waals surface area contributed by atoms with Crippen LogP contribution in [0.3, 0.4) is 0 Å². The minimum atomic E-state index is 1.28. The number of rotatable bonds is 1. The van der Waals surface area contributed by atoms with E-state index in [1.807, 2.05) is 0 Å². The first-order chi connectivity index (χ1) is 8.75. The van der Waals surface area contributed by atoms with Crippen LogP contribution in [0.4, 0.5) is 0 Å². The van der Waals surface area contributed by atoms with Crippen molar-refractivity contribution in [2.24, 2.45) is 0 Å². The summed E-state index contributed by atoms with van der Waals surface area (Å²) in [7, 11) is 0. The Morgan fingerprint density at radius 1 is 0.556 bits per heavy atom. The lowest BCUT2D eigenvalue weighted by atomic mass is 9.95.